The van der Waals surface area contributed by atoms with E-state index in [1.54, 1.807) is 6.20 Å². The fourth-order valence-electron chi connectivity index (χ4n) is 2.76. The van der Waals surface area contributed by atoms with E-state index >= 15 is 0 Å². The van der Waals surface area contributed by atoms with E-state index in [0.717, 1.165) is 53.4 Å². The van der Waals surface area contributed by atoms with Crippen LogP contribution in [-0.2, 0) is 9.53 Å². The van der Waals surface area contributed by atoms with Crippen LogP contribution in [0.4, 0.5) is 0 Å². The monoisotopic (exact) mass is 443 g/mol. The standard InChI is InChI=1S/C25H30ClNO2.CH4O/c1-8-11-18(5)22-15-24(26)27-16-21(22)13-12-20(10-3)19(6)14-23(17(4)9-2)25(28)29-7;1-2/h10-11,14-16H,8-9H2,1-7H3;2H,1H3/b18-11-,19-14-,20-10-,23-17-;. The predicted octanol–water partition coefficient (Wildman–Crippen LogP) is 6.30. The minimum absolute atomic E-state index is 0.336. The number of hydrogen-bond acceptors (Lipinski definition) is 4. The van der Waals surface area contributed by atoms with Crippen molar-refractivity contribution < 1.29 is 14.6 Å². The summed E-state index contributed by atoms with van der Waals surface area (Å²) in [6.45, 7) is 12.0. The second kappa shape index (κ2) is 15.2. The van der Waals surface area contributed by atoms with Gasteiger partial charge in [-0.25, -0.2) is 9.78 Å². The normalized spacial score (nSPS) is 12.8. The second-order valence-corrected chi connectivity index (χ2v) is 7.05. The number of aliphatic hydroxyl groups excluding tert-OH is 1. The summed E-state index contributed by atoms with van der Waals surface area (Å²) in [5.74, 6) is 6.10. The largest absolute Gasteiger partial charge is 0.465 e. The van der Waals surface area contributed by atoms with Crippen molar-refractivity contribution in [3.63, 3.8) is 0 Å². The number of methoxy groups -OCH3 is 1. The Morgan fingerprint density at radius 2 is 1.90 bits per heavy atom. The predicted molar refractivity (Wildman–Crippen MR) is 131 cm³/mol. The molecule has 31 heavy (non-hydrogen) atoms. The second-order valence-electron chi connectivity index (χ2n) is 6.67. The number of aromatic nitrogens is 1. The summed E-state index contributed by atoms with van der Waals surface area (Å²) in [4.78, 5) is 16.3. The molecule has 1 aromatic heterocycles. The number of allylic oxidation sites excluding steroid dienone is 6. The fourth-order valence-corrected chi connectivity index (χ4v) is 2.91. The fraction of sp³-hybridized carbons (Fsp3) is 0.385. The Kier molecular flexibility index (Phi) is 13.9. The molecule has 0 aromatic carbocycles. The number of carbonyl (C=O) groups is 1. The van der Waals surface area contributed by atoms with Crippen molar-refractivity contribution in [3.8, 4) is 11.8 Å². The Morgan fingerprint density at radius 3 is 2.42 bits per heavy atom. The highest BCUT2D eigenvalue weighted by Gasteiger charge is 2.11. The van der Waals surface area contributed by atoms with Gasteiger partial charge in [0, 0.05) is 18.9 Å². The van der Waals surface area contributed by atoms with E-state index in [-0.39, 0.29) is 5.97 Å². The molecule has 1 aromatic rings. The summed E-state index contributed by atoms with van der Waals surface area (Å²) < 4.78 is 4.93. The van der Waals surface area contributed by atoms with Gasteiger partial charge in [0.1, 0.15) is 5.15 Å². The molecule has 1 heterocycles. The van der Waals surface area contributed by atoms with Gasteiger partial charge in [-0.15, -0.1) is 0 Å². The molecule has 0 fully saturated rings. The Balaban J connectivity index is 0.00000436. The molecule has 5 heteroatoms. The van der Waals surface area contributed by atoms with E-state index in [9.17, 15) is 4.79 Å². The Morgan fingerprint density at radius 1 is 1.26 bits per heavy atom. The molecule has 0 unspecified atom stereocenters. The zero-order valence-corrected chi connectivity index (χ0v) is 20.6. The molecule has 0 aliphatic rings. The molecule has 1 rings (SSSR count). The molecule has 0 atom stereocenters. The number of pyridine rings is 1. The Labute approximate surface area is 192 Å². The Bertz CT molecular complexity index is 941. The van der Waals surface area contributed by atoms with E-state index < -0.39 is 0 Å². The third-order valence-electron chi connectivity index (χ3n) is 4.61. The van der Waals surface area contributed by atoms with Crippen LogP contribution >= 0.6 is 11.6 Å². The SMILES string of the molecule is CO.C\C=C(C#Cc1cnc(Cl)cc1/C(C)=C\CC)/C(C)=C\C(C(=O)OC)=C(/C)CC. The van der Waals surface area contributed by atoms with Crippen molar-refractivity contribution in [1.29, 1.82) is 0 Å². The molecule has 0 saturated carbocycles. The van der Waals surface area contributed by atoms with E-state index in [2.05, 4.69) is 29.8 Å². The van der Waals surface area contributed by atoms with Crippen LogP contribution in [0.3, 0.4) is 0 Å². The van der Waals surface area contributed by atoms with Crippen molar-refractivity contribution in [3.05, 3.63) is 69.1 Å². The van der Waals surface area contributed by atoms with Crippen molar-refractivity contribution in [2.75, 3.05) is 14.2 Å². The topological polar surface area (TPSA) is 59.4 Å². The minimum Gasteiger partial charge on any atom is -0.465 e. The number of aliphatic hydroxyl groups is 1. The van der Waals surface area contributed by atoms with Crippen LogP contribution in [0, 0.1) is 11.8 Å². The highest BCUT2D eigenvalue weighted by molar-refractivity contribution is 6.29. The molecule has 0 saturated heterocycles. The smallest absolute Gasteiger partial charge is 0.337 e. The molecule has 1 N–H and O–H groups in total. The van der Waals surface area contributed by atoms with Crippen LogP contribution in [0.15, 0.2) is 52.8 Å². The van der Waals surface area contributed by atoms with E-state index in [1.807, 2.05) is 52.8 Å². The van der Waals surface area contributed by atoms with Gasteiger partial charge < -0.3 is 9.84 Å². The van der Waals surface area contributed by atoms with Gasteiger partial charge in [-0.2, -0.15) is 0 Å². The van der Waals surface area contributed by atoms with Crippen molar-refractivity contribution in [2.24, 2.45) is 0 Å². The molecule has 4 nitrogen and oxygen atoms in total. The molecule has 168 valence electrons. The third-order valence-corrected chi connectivity index (χ3v) is 4.81. The highest BCUT2D eigenvalue weighted by Crippen LogP contribution is 2.22. The van der Waals surface area contributed by atoms with Gasteiger partial charge in [-0.3, -0.25) is 0 Å². The molecule has 0 radical (unpaired) electrons. The van der Waals surface area contributed by atoms with E-state index in [0.29, 0.717) is 10.7 Å². The summed E-state index contributed by atoms with van der Waals surface area (Å²) >= 11 is 6.09. The van der Waals surface area contributed by atoms with Crippen molar-refractivity contribution in [2.45, 2.75) is 54.4 Å². The van der Waals surface area contributed by atoms with Gasteiger partial charge in [0.25, 0.3) is 0 Å². The minimum atomic E-state index is -0.336. The zero-order chi connectivity index (χ0) is 24.0. The lowest BCUT2D eigenvalue weighted by molar-refractivity contribution is -0.135. The number of hydrogen-bond donors (Lipinski definition) is 1. The van der Waals surface area contributed by atoms with Gasteiger partial charge in [-0.1, -0.05) is 55.0 Å². The van der Waals surface area contributed by atoms with Crippen LogP contribution in [0.2, 0.25) is 5.15 Å². The maximum atomic E-state index is 12.1. The number of halogens is 1. The lowest BCUT2D eigenvalue weighted by Gasteiger charge is -2.08. The average Bonchev–Trinajstić information content (AvgIpc) is 2.78. The lowest BCUT2D eigenvalue weighted by Crippen LogP contribution is -2.06. The van der Waals surface area contributed by atoms with Crippen LogP contribution in [0.1, 0.15) is 65.5 Å². The van der Waals surface area contributed by atoms with Crippen molar-refractivity contribution >= 4 is 23.1 Å². The molecule has 0 amide bonds. The first-order valence-corrected chi connectivity index (χ1v) is 10.6. The van der Waals surface area contributed by atoms with Crippen LogP contribution in [0.25, 0.3) is 5.57 Å². The molecular weight excluding hydrogens is 410 g/mol. The number of rotatable bonds is 6. The first-order valence-electron chi connectivity index (χ1n) is 10.2. The van der Waals surface area contributed by atoms with Gasteiger partial charge in [0.15, 0.2) is 0 Å². The number of ether oxygens (including phenoxy) is 1. The third kappa shape index (κ3) is 8.96. The summed E-state index contributed by atoms with van der Waals surface area (Å²) in [6, 6.07) is 1.84. The quantitative estimate of drug-likeness (QED) is 0.184. The lowest BCUT2D eigenvalue weighted by atomic mass is 9.99. The van der Waals surface area contributed by atoms with Gasteiger partial charge in [-0.05, 0) is 69.4 Å². The maximum Gasteiger partial charge on any atom is 0.337 e. The van der Waals surface area contributed by atoms with Crippen LogP contribution < -0.4 is 0 Å². The zero-order valence-electron chi connectivity index (χ0n) is 19.9. The molecule has 0 aliphatic carbocycles. The summed E-state index contributed by atoms with van der Waals surface area (Å²) in [6.07, 6.45) is 9.32. The maximum absolute atomic E-state index is 12.1. The van der Waals surface area contributed by atoms with Gasteiger partial charge in [0.2, 0.25) is 0 Å². The number of carbonyl (C=O) groups excluding carboxylic acids is 1. The average molecular weight is 444 g/mol. The Hall–Kier alpha value is -2.61. The van der Waals surface area contributed by atoms with E-state index in [1.165, 1.54) is 7.11 Å². The van der Waals surface area contributed by atoms with Crippen LogP contribution in [0.5, 0.6) is 0 Å². The van der Waals surface area contributed by atoms with Crippen LogP contribution in [-0.4, -0.2) is 30.3 Å². The van der Waals surface area contributed by atoms with Gasteiger partial charge in [0.05, 0.1) is 18.2 Å². The van der Waals surface area contributed by atoms with Crippen molar-refractivity contribution in [1.82, 2.24) is 4.98 Å². The van der Waals surface area contributed by atoms with Gasteiger partial charge >= 0.3 is 5.97 Å². The molecular formula is C26H34ClNO3. The number of nitrogens with zero attached hydrogens (tertiary/aromatic N) is 1. The molecule has 0 spiro atoms. The summed E-state index contributed by atoms with van der Waals surface area (Å²) in [5.41, 5.74) is 6.20. The first-order chi connectivity index (χ1) is 14.8. The molecule has 0 bridgehead atoms. The van der Waals surface area contributed by atoms with E-state index in [4.69, 9.17) is 21.4 Å². The number of esters is 1. The highest BCUT2D eigenvalue weighted by atomic mass is 35.5. The summed E-state index contributed by atoms with van der Waals surface area (Å²) in [5, 5.41) is 7.44. The molecule has 0 aliphatic heterocycles. The summed E-state index contributed by atoms with van der Waals surface area (Å²) in [7, 11) is 2.39. The first kappa shape index (κ1) is 28.4.